The number of rotatable bonds is 7. The van der Waals surface area contributed by atoms with E-state index in [1.165, 1.54) is 26.2 Å². The molecule has 0 saturated heterocycles. The number of hydrogen-bond acceptors (Lipinski definition) is 4. The van der Waals surface area contributed by atoms with Crippen LogP contribution in [-0.2, 0) is 19.1 Å². The molecule has 6 nitrogen and oxygen atoms in total. The molecule has 31 heavy (non-hydrogen) atoms. The fraction of sp³-hybridized carbons (Fsp3) is 0.640. The molecule has 2 amide bonds. The molecule has 4 aliphatic rings. The Labute approximate surface area is 184 Å². The Morgan fingerprint density at radius 3 is 2.29 bits per heavy atom. The SMILES string of the molecule is Cc1ccc(C)c(NC(=O)[C@@H](C)OC(=O)CNC(=O)CC23CC4CC(CC(C4)C2)C3)c1. The van der Waals surface area contributed by atoms with Crippen molar-refractivity contribution < 1.29 is 19.1 Å². The van der Waals surface area contributed by atoms with Gasteiger partial charge in [-0.3, -0.25) is 14.4 Å². The van der Waals surface area contributed by atoms with Crippen LogP contribution in [0.25, 0.3) is 0 Å². The van der Waals surface area contributed by atoms with Gasteiger partial charge in [0.1, 0.15) is 6.54 Å². The molecule has 4 saturated carbocycles. The average Bonchev–Trinajstić information content (AvgIpc) is 2.67. The Balaban J connectivity index is 1.22. The third-order valence-electron chi connectivity index (χ3n) is 7.46. The molecule has 168 valence electrons. The van der Waals surface area contributed by atoms with Crippen molar-refractivity contribution in [1.29, 1.82) is 0 Å². The standard InChI is InChI=1S/C25H34N2O4/c1-15-4-5-16(2)21(6-15)27-24(30)17(3)31-23(29)14-26-22(28)13-25-10-18-7-19(11-25)9-20(8-18)12-25/h4-6,17-20H,7-14H2,1-3H3,(H,26,28)(H,27,30)/t17-,18?,19?,20?,25?/m1/s1. The van der Waals surface area contributed by atoms with E-state index in [1.807, 2.05) is 32.0 Å². The van der Waals surface area contributed by atoms with E-state index in [0.717, 1.165) is 48.1 Å². The highest BCUT2D eigenvalue weighted by atomic mass is 16.5. The molecular formula is C25H34N2O4. The number of ether oxygens (including phenoxy) is 1. The van der Waals surface area contributed by atoms with Crippen LogP contribution in [0.5, 0.6) is 0 Å². The van der Waals surface area contributed by atoms with E-state index in [-0.39, 0.29) is 23.8 Å². The summed E-state index contributed by atoms with van der Waals surface area (Å²) < 4.78 is 5.23. The number of esters is 1. The van der Waals surface area contributed by atoms with Gasteiger partial charge in [-0.2, -0.15) is 0 Å². The van der Waals surface area contributed by atoms with Gasteiger partial charge in [-0.1, -0.05) is 12.1 Å². The average molecular weight is 427 g/mol. The Morgan fingerprint density at radius 2 is 1.68 bits per heavy atom. The van der Waals surface area contributed by atoms with Gasteiger partial charge in [0, 0.05) is 12.1 Å². The molecule has 5 rings (SSSR count). The summed E-state index contributed by atoms with van der Waals surface area (Å²) in [5.41, 5.74) is 2.82. The predicted molar refractivity (Wildman–Crippen MR) is 118 cm³/mol. The van der Waals surface area contributed by atoms with Gasteiger partial charge in [-0.25, -0.2) is 0 Å². The second-order valence-electron chi connectivity index (χ2n) is 10.3. The second kappa shape index (κ2) is 8.64. The smallest absolute Gasteiger partial charge is 0.326 e. The molecule has 4 aliphatic carbocycles. The molecule has 6 heteroatoms. The summed E-state index contributed by atoms with van der Waals surface area (Å²) in [6, 6.07) is 5.79. The monoisotopic (exact) mass is 426 g/mol. The highest BCUT2D eigenvalue weighted by molar-refractivity contribution is 5.96. The normalized spacial score (nSPS) is 29.3. The first-order valence-electron chi connectivity index (χ1n) is 11.6. The first kappa shape index (κ1) is 21.8. The number of benzene rings is 1. The lowest BCUT2D eigenvalue weighted by Gasteiger charge is -2.56. The summed E-state index contributed by atoms with van der Waals surface area (Å²) in [5.74, 6) is 1.32. The van der Waals surface area contributed by atoms with Crippen LogP contribution in [0.4, 0.5) is 5.69 Å². The lowest BCUT2D eigenvalue weighted by atomic mass is 9.49. The van der Waals surface area contributed by atoms with Crippen molar-refractivity contribution >= 4 is 23.5 Å². The van der Waals surface area contributed by atoms with E-state index < -0.39 is 12.1 Å². The van der Waals surface area contributed by atoms with Crippen LogP contribution < -0.4 is 10.6 Å². The van der Waals surface area contributed by atoms with Gasteiger partial charge in [0.05, 0.1) is 0 Å². The molecule has 0 radical (unpaired) electrons. The van der Waals surface area contributed by atoms with Crippen molar-refractivity contribution in [2.75, 3.05) is 11.9 Å². The Bertz CT molecular complexity index is 843. The lowest BCUT2D eigenvalue weighted by Crippen LogP contribution is -2.48. The highest BCUT2D eigenvalue weighted by Crippen LogP contribution is 2.61. The minimum Gasteiger partial charge on any atom is -0.451 e. The quantitative estimate of drug-likeness (QED) is 0.648. The third-order valence-corrected chi connectivity index (χ3v) is 7.46. The van der Waals surface area contributed by atoms with Crippen molar-refractivity contribution in [3.8, 4) is 0 Å². The fourth-order valence-electron chi connectivity index (χ4n) is 6.48. The topological polar surface area (TPSA) is 84.5 Å². The molecule has 4 fully saturated rings. The van der Waals surface area contributed by atoms with Crippen molar-refractivity contribution in [2.24, 2.45) is 23.2 Å². The second-order valence-corrected chi connectivity index (χ2v) is 10.3. The maximum absolute atomic E-state index is 12.6. The van der Waals surface area contributed by atoms with E-state index in [0.29, 0.717) is 12.1 Å². The van der Waals surface area contributed by atoms with E-state index >= 15 is 0 Å². The van der Waals surface area contributed by atoms with E-state index in [4.69, 9.17) is 4.74 Å². The van der Waals surface area contributed by atoms with Crippen molar-refractivity contribution in [2.45, 2.75) is 71.8 Å². The van der Waals surface area contributed by atoms with E-state index in [2.05, 4.69) is 10.6 Å². The molecule has 0 unspecified atom stereocenters. The first-order valence-corrected chi connectivity index (χ1v) is 11.6. The minimum absolute atomic E-state index is 0.0774. The largest absolute Gasteiger partial charge is 0.451 e. The number of amides is 2. The van der Waals surface area contributed by atoms with Crippen molar-refractivity contribution in [3.63, 3.8) is 0 Å². The van der Waals surface area contributed by atoms with Crippen molar-refractivity contribution in [3.05, 3.63) is 29.3 Å². The maximum Gasteiger partial charge on any atom is 0.326 e. The molecule has 0 heterocycles. The molecular weight excluding hydrogens is 392 g/mol. The zero-order valence-corrected chi connectivity index (χ0v) is 18.8. The first-order chi connectivity index (χ1) is 14.7. The fourth-order valence-corrected chi connectivity index (χ4v) is 6.48. The molecule has 0 spiro atoms. The predicted octanol–water partition coefficient (Wildman–Crippen LogP) is 3.90. The molecule has 2 N–H and O–H groups in total. The minimum atomic E-state index is -0.938. The highest BCUT2D eigenvalue weighted by Gasteiger charge is 2.51. The van der Waals surface area contributed by atoms with E-state index in [9.17, 15) is 14.4 Å². The summed E-state index contributed by atoms with van der Waals surface area (Å²) in [6.45, 7) is 5.19. The van der Waals surface area contributed by atoms with Crippen LogP contribution in [0.15, 0.2) is 18.2 Å². The van der Waals surface area contributed by atoms with Gasteiger partial charge < -0.3 is 15.4 Å². The van der Waals surface area contributed by atoms with Crippen LogP contribution in [0.3, 0.4) is 0 Å². The summed E-state index contributed by atoms with van der Waals surface area (Å²) >= 11 is 0. The maximum atomic E-state index is 12.6. The molecule has 0 aromatic heterocycles. The van der Waals surface area contributed by atoms with Gasteiger partial charge in [0.2, 0.25) is 5.91 Å². The summed E-state index contributed by atoms with van der Waals surface area (Å²) in [7, 11) is 0. The summed E-state index contributed by atoms with van der Waals surface area (Å²) in [4.78, 5) is 37.1. The number of anilines is 1. The van der Waals surface area contributed by atoms with Gasteiger partial charge in [0.15, 0.2) is 6.10 Å². The number of carbonyl (C=O) groups is 3. The molecule has 1 aromatic rings. The van der Waals surface area contributed by atoms with E-state index in [1.54, 1.807) is 0 Å². The zero-order chi connectivity index (χ0) is 22.2. The van der Waals surface area contributed by atoms with Crippen LogP contribution in [-0.4, -0.2) is 30.4 Å². The van der Waals surface area contributed by atoms with Gasteiger partial charge in [-0.05, 0) is 99.7 Å². The molecule has 1 aromatic carbocycles. The van der Waals surface area contributed by atoms with Gasteiger partial charge in [0.25, 0.3) is 5.91 Å². The van der Waals surface area contributed by atoms with Gasteiger partial charge >= 0.3 is 5.97 Å². The van der Waals surface area contributed by atoms with Crippen molar-refractivity contribution in [1.82, 2.24) is 5.32 Å². The summed E-state index contributed by atoms with van der Waals surface area (Å²) in [5, 5.41) is 5.53. The van der Waals surface area contributed by atoms with Crippen LogP contribution in [0.2, 0.25) is 0 Å². The number of nitrogens with one attached hydrogen (secondary N) is 2. The van der Waals surface area contributed by atoms with Crippen LogP contribution >= 0.6 is 0 Å². The third kappa shape index (κ3) is 5.10. The van der Waals surface area contributed by atoms with Crippen LogP contribution in [0, 0.1) is 37.0 Å². The van der Waals surface area contributed by atoms with Crippen LogP contribution in [0.1, 0.15) is 63.0 Å². The number of hydrogen-bond donors (Lipinski definition) is 2. The molecule has 0 aliphatic heterocycles. The number of aryl methyl sites for hydroxylation is 2. The van der Waals surface area contributed by atoms with Gasteiger partial charge in [-0.15, -0.1) is 0 Å². The summed E-state index contributed by atoms with van der Waals surface area (Å²) in [6.07, 6.45) is 7.07. The molecule has 4 bridgehead atoms. The zero-order valence-electron chi connectivity index (χ0n) is 18.8. The Hall–Kier alpha value is -2.37. The Morgan fingerprint density at radius 1 is 1.06 bits per heavy atom. The Kier molecular flexibility index (Phi) is 6.09. The number of carbonyl (C=O) groups excluding carboxylic acids is 3. The lowest BCUT2D eigenvalue weighted by molar-refractivity contribution is -0.153. The molecule has 1 atom stereocenters.